The van der Waals surface area contributed by atoms with Gasteiger partial charge in [0, 0.05) is 25.7 Å². The Kier molecular flexibility index (Phi) is 4.57. The van der Waals surface area contributed by atoms with Gasteiger partial charge in [-0.3, -0.25) is 4.90 Å². The molecule has 1 aliphatic heterocycles. The third kappa shape index (κ3) is 3.30. The van der Waals surface area contributed by atoms with Gasteiger partial charge in [-0.1, -0.05) is 37.6 Å². The summed E-state index contributed by atoms with van der Waals surface area (Å²) < 4.78 is 0. The van der Waals surface area contributed by atoms with Crippen LogP contribution in [0.1, 0.15) is 30.9 Å². The summed E-state index contributed by atoms with van der Waals surface area (Å²) in [4.78, 5) is 2.58. The highest BCUT2D eigenvalue weighted by Crippen LogP contribution is 2.18. The van der Waals surface area contributed by atoms with Crippen molar-refractivity contribution >= 4 is 0 Å². The van der Waals surface area contributed by atoms with E-state index in [4.69, 9.17) is 0 Å². The predicted molar refractivity (Wildman–Crippen MR) is 73.2 cm³/mol. The van der Waals surface area contributed by atoms with Crippen LogP contribution >= 0.6 is 0 Å². The third-order valence-corrected chi connectivity index (χ3v) is 3.73. The van der Waals surface area contributed by atoms with E-state index in [2.05, 4.69) is 48.5 Å². The van der Waals surface area contributed by atoms with Crippen molar-refractivity contribution in [1.29, 1.82) is 0 Å². The van der Waals surface area contributed by atoms with Crippen LogP contribution in [0, 0.1) is 0 Å². The topological polar surface area (TPSA) is 15.3 Å². The van der Waals surface area contributed by atoms with Crippen LogP contribution in [0.25, 0.3) is 0 Å². The number of nitrogens with zero attached hydrogens (tertiary/aromatic N) is 1. The molecule has 2 heteroatoms. The number of hydrogen-bond acceptors (Lipinski definition) is 2. The molecule has 2 rings (SSSR count). The summed E-state index contributed by atoms with van der Waals surface area (Å²) in [7, 11) is 2.08. The van der Waals surface area contributed by atoms with Crippen molar-refractivity contribution in [3.05, 3.63) is 35.4 Å². The summed E-state index contributed by atoms with van der Waals surface area (Å²) >= 11 is 0. The number of likely N-dealkylation sites (N-methyl/N-ethyl adjacent to an activating group) is 1. The maximum atomic E-state index is 3.43. The highest BCUT2D eigenvalue weighted by molar-refractivity contribution is 5.29. The fraction of sp³-hybridized carbons (Fsp3) is 0.600. The van der Waals surface area contributed by atoms with E-state index in [1.165, 1.54) is 37.9 Å². The third-order valence-electron chi connectivity index (χ3n) is 3.73. The van der Waals surface area contributed by atoms with E-state index in [1.54, 1.807) is 5.56 Å². The molecule has 0 amide bonds. The second-order valence-electron chi connectivity index (χ2n) is 5.03. The Labute approximate surface area is 105 Å². The van der Waals surface area contributed by atoms with Crippen molar-refractivity contribution in [1.82, 2.24) is 10.2 Å². The largest absolute Gasteiger partial charge is 0.316 e. The van der Waals surface area contributed by atoms with E-state index < -0.39 is 0 Å². The molecule has 1 N–H and O–H groups in total. The van der Waals surface area contributed by atoms with Crippen LogP contribution in [0.4, 0.5) is 0 Å². The summed E-state index contributed by atoms with van der Waals surface area (Å²) in [6.45, 7) is 5.77. The van der Waals surface area contributed by atoms with Gasteiger partial charge in [-0.2, -0.15) is 0 Å². The molecule has 1 aromatic carbocycles. The van der Waals surface area contributed by atoms with Crippen LogP contribution in [0.5, 0.6) is 0 Å². The van der Waals surface area contributed by atoms with Crippen LogP contribution in [0.3, 0.4) is 0 Å². The van der Waals surface area contributed by atoms with Crippen molar-refractivity contribution in [2.24, 2.45) is 0 Å². The molecule has 17 heavy (non-hydrogen) atoms. The Morgan fingerprint density at radius 2 is 2.06 bits per heavy atom. The molecule has 1 aromatic rings. The summed E-state index contributed by atoms with van der Waals surface area (Å²) in [6, 6.07) is 9.50. The first kappa shape index (κ1) is 12.6. The molecule has 0 aliphatic carbocycles. The summed E-state index contributed by atoms with van der Waals surface area (Å²) in [5.41, 5.74) is 3.06. The van der Waals surface area contributed by atoms with Crippen molar-refractivity contribution in [2.75, 3.05) is 20.1 Å². The van der Waals surface area contributed by atoms with Crippen LogP contribution < -0.4 is 5.32 Å². The lowest BCUT2D eigenvalue weighted by Gasteiger charge is -2.31. The molecule has 0 fully saturated rings. The minimum atomic E-state index is 0.644. The number of rotatable bonds is 5. The highest BCUT2D eigenvalue weighted by atomic mass is 15.1. The zero-order valence-corrected chi connectivity index (χ0v) is 11.1. The number of hydrogen-bond donors (Lipinski definition) is 1. The van der Waals surface area contributed by atoms with E-state index in [1.807, 2.05) is 0 Å². The first-order valence-electron chi connectivity index (χ1n) is 6.80. The quantitative estimate of drug-likeness (QED) is 0.839. The van der Waals surface area contributed by atoms with E-state index in [-0.39, 0.29) is 0 Å². The van der Waals surface area contributed by atoms with Gasteiger partial charge >= 0.3 is 0 Å². The Morgan fingerprint density at radius 1 is 1.29 bits per heavy atom. The van der Waals surface area contributed by atoms with E-state index in [0.717, 1.165) is 6.54 Å². The number of fused-ring (bicyclic) bond motifs is 1. The zero-order chi connectivity index (χ0) is 12.1. The van der Waals surface area contributed by atoms with Crippen LogP contribution in [0.2, 0.25) is 0 Å². The highest BCUT2D eigenvalue weighted by Gasteiger charge is 2.18. The monoisotopic (exact) mass is 232 g/mol. The normalized spacial score (nSPS) is 17.8. The molecule has 0 saturated carbocycles. The minimum absolute atomic E-state index is 0.644. The molecule has 94 valence electrons. The Hall–Kier alpha value is -0.860. The van der Waals surface area contributed by atoms with Crippen molar-refractivity contribution in [2.45, 2.75) is 38.8 Å². The molecule has 1 heterocycles. The fourth-order valence-electron chi connectivity index (χ4n) is 2.70. The van der Waals surface area contributed by atoms with E-state index in [0.29, 0.717) is 6.04 Å². The van der Waals surface area contributed by atoms with Crippen LogP contribution in [0.15, 0.2) is 24.3 Å². The lowest BCUT2D eigenvalue weighted by Crippen LogP contribution is -2.41. The molecule has 0 bridgehead atoms. The molecule has 1 atom stereocenters. The molecule has 0 spiro atoms. The second-order valence-corrected chi connectivity index (χ2v) is 5.03. The molecular formula is C15H24N2. The SMILES string of the molecule is CCCC(CN1CCc2ccccc2C1)NC. The first-order chi connectivity index (χ1) is 8.33. The van der Waals surface area contributed by atoms with Crippen LogP contribution in [-0.4, -0.2) is 31.1 Å². The van der Waals surface area contributed by atoms with E-state index in [9.17, 15) is 0 Å². The Bertz CT molecular complexity index is 349. The van der Waals surface area contributed by atoms with Gasteiger partial charge in [-0.25, -0.2) is 0 Å². The van der Waals surface area contributed by atoms with Crippen molar-refractivity contribution in [3.8, 4) is 0 Å². The van der Waals surface area contributed by atoms with Crippen LogP contribution in [-0.2, 0) is 13.0 Å². The zero-order valence-electron chi connectivity index (χ0n) is 11.1. The fourth-order valence-corrected chi connectivity index (χ4v) is 2.70. The van der Waals surface area contributed by atoms with Gasteiger partial charge in [0.05, 0.1) is 0 Å². The van der Waals surface area contributed by atoms with Crippen molar-refractivity contribution in [3.63, 3.8) is 0 Å². The molecule has 1 unspecified atom stereocenters. The van der Waals surface area contributed by atoms with Gasteiger partial charge in [0.2, 0.25) is 0 Å². The molecular weight excluding hydrogens is 208 g/mol. The summed E-state index contributed by atoms with van der Waals surface area (Å²) in [6.07, 6.45) is 3.74. The minimum Gasteiger partial charge on any atom is -0.316 e. The smallest absolute Gasteiger partial charge is 0.0237 e. The molecule has 1 aliphatic rings. The van der Waals surface area contributed by atoms with Gasteiger partial charge in [-0.15, -0.1) is 0 Å². The maximum absolute atomic E-state index is 3.43. The predicted octanol–water partition coefficient (Wildman–Crippen LogP) is 2.43. The first-order valence-corrected chi connectivity index (χ1v) is 6.80. The lowest BCUT2D eigenvalue weighted by atomic mass is 9.99. The maximum Gasteiger partial charge on any atom is 0.0237 e. The average Bonchev–Trinajstić information content (AvgIpc) is 2.38. The van der Waals surface area contributed by atoms with Gasteiger partial charge < -0.3 is 5.32 Å². The van der Waals surface area contributed by atoms with Gasteiger partial charge in [0.15, 0.2) is 0 Å². The molecule has 0 radical (unpaired) electrons. The lowest BCUT2D eigenvalue weighted by molar-refractivity contribution is 0.223. The van der Waals surface area contributed by atoms with Gasteiger partial charge in [0.25, 0.3) is 0 Å². The Morgan fingerprint density at radius 3 is 2.76 bits per heavy atom. The molecule has 0 aromatic heterocycles. The average molecular weight is 232 g/mol. The number of nitrogens with one attached hydrogen (secondary N) is 1. The summed E-state index contributed by atoms with van der Waals surface area (Å²) in [5.74, 6) is 0. The van der Waals surface area contributed by atoms with Gasteiger partial charge in [0.1, 0.15) is 0 Å². The van der Waals surface area contributed by atoms with E-state index >= 15 is 0 Å². The van der Waals surface area contributed by atoms with Crippen molar-refractivity contribution < 1.29 is 0 Å². The number of benzene rings is 1. The molecule has 0 saturated heterocycles. The Balaban J connectivity index is 1.93. The second kappa shape index (κ2) is 6.18. The standard InChI is InChI=1S/C15H24N2/c1-3-6-15(16-2)12-17-10-9-13-7-4-5-8-14(13)11-17/h4-5,7-8,15-16H,3,6,9-12H2,1-2H3. The summed E-state index contributed by atoms with van der Waals surface area (Å²) in [5, 5.41) is 3.43. The molecule has 2 nitrogen and oxygen atoms in total. The van der Waals surface area contributed by atoms with Gasteiger partial charge in [-0.05, 0) is 31.0 Å².